The average Bonchev–Trinajstić information content (AvgIpc) is 2.32. The molecule has 2 N–H and O–H groups in total. The third-order valence-electron chi connectivity index (χ3n) is 2.14. The molecule has 0 saturated heterocycles. The summed E-state index contributed by atoms with van der Waals surface area (Å²) in [6.07, 6.45) is 0.512. The Morgan fingerprint density at radius 2 is 2.06 bits per heavy atom. The van der Waals surface area contributed by atoms with E-state index in [1.165, 1.54) is 13.2 Å². The first-order valence-corrected chi connectivity index (χ1v) is 5.33. The van der Waals surface area contributed by atoms with E-state index in [1.54, 1.807) is 0 Å². The number of nitrogens with two attached hydrogens (primary N) is 1. The number of anilines is 1. The molecule has 0 atom stereocenters. The van der Waals surface area contributed by atoms with Crippen LogP contribution in [-0.4, -0.2) is 25.7 Å². The zero-order valence-electron chi connectivity index (χ0n) is 9.94. The highest BCUT2D eigenvalue weighted by Gasteiger charge is 2.10. The summed E-state index contributed by atoms with van der Waals surface area (Å²) in [5, 5.41) is 0. The summed E-state index contributed by atoms with van der Waals surface area (Å²) in [5.41, 5.74) is 5.60. The summed E-state index contributed by atoms with van der Waals surface area (Å²) in [6.45, 7) is 0.0599. The van der Waals surface area contributed by atoms with Crippen LogP contribution in [0.1, 0.15) is 23.2 Å². The molecule has 0 aromatic heterocycles. The van der Waals surface area contributed by atoms with Crippen molar-refractivity contribution in [2.45, 2.75) is 12.8 Å². The van der Waals surface area contributed by atoms with Crippen LogP contribution >= 0.6 is 0 Å². The van der Waals surface area contributed by atoms with E-state index in [2.05, 4.69) is 4.74 Å². The van der Waals surface area contributed by atoms with E-state index >= 15 is 0 Å². The maximum absolute atomic E-state index is 13.0. The van der Waals surface area contributed by atoms with Gasteiger partial charge < -0.3 is 15.2 Å². The van der Waals surface area contributed by atoms with E-state index < -0.39 is 11.8 Å². The van der Waals surface area contributed by atoms with Crippen molar-refractivity contribution in [1.29, 1.82) is 0 Å². The number of hydrogen-bond donors (Lipinski definition) is 1. The highest BCUT2D eigenvalue weighted by molar-refractivity contribution is 5.90. The maximum atomic E-state index is 13.0. The molecule has 0 aliphatic carbocycles. The van der Waals surface area contributed by atoms with Gasteiger partial charge in [0.1, 0.15) is 5.82 Å². The van der Waals surface area contributed by atoms with Crippen molar-refractivity contribution in [3.8, 4) is 0 Å². The van der Waals surface area contributed by atoms with Gasteiger partial charge in [0.2, 0.25) is 0 Å². The fraction of sp³-hybridized carbons (Fsp3) is 0.333. The minimum absolute atomic E-state index is 0.0468. The SMILES string of the molecule is COC(=O)CCCOC(=O)c1cc(N)cc(F)c1. The second kappa shape index (κ2) is 6.58. The van der Waals surface area contributed by atoms with Gasteiger partial charge in [-0.15, -0.1) is 0 Å². The lowest BCUT2D eigenvalue weighted by Crippen LogP contribution is -2.09. The van der Waals surface area contributed by atoms with E-state index in [-0.39, 0.29) is 30.2 Å². The lowest BCUT2D eigenvalue weighted by atomic mass is 10.2. The van der Waals surface area contributed by atoms with Crippen LogP contribution in [0.4, 0.5) is 10.1 Å². The zero-order chi connectivity index (χ0) is 13.5. The third-order valence-corrected chi connectivity index (χ3v) is 2.14. The summed E-state index contributed by atoms with van der Waals surface area (Å²) in [7, 11) is 1.28. The topological polar surface area (TPSA) is 78.6 Å². The van der Waals surface area contributed by atoms with E-state index in [0.717, 1.165) is 12.1 Å². The van der Waals surface area contributed by atoms with Crippen LogP contribution < -0.4 is 5.73 Å². The minimum Gasteiger partial charge on any atom is -0.469 e. The molecule has 5 nitrogen and oxygen atoms in total. The predicted molar refractivity (Wildman–Crippen MR) is 62.3 cm³/mol. The molecule has 1 aromatic rings. The molecular weight excluding hydrogens is 241 g/mol. The quantitative estimate of drug-likeness (QED) is 0.490. The molecule has 0 unspecified atom stereocenters. The van der Waals surface area contributed by atoms with Crippen LogP contribution in [0.25, 0.3) is 0 Å². The van der Waals surface area contributed by atoms with Gasteiger partial charge in [0.15, 0.2) is 0 Å². The fourth-order valence-electron chi connectivity index (χ4n) is 1.30. The fourth-order valence-corrected chi connectivity index (χ4v) is 1.30. The molecule has 1 rings (SSSR count). The molecule has 0 heterocycles. The molecule has 18 heavy (non-hydrogen) atoms. The van der Waals surface area contributed by atoms with E-state index in [9.17, 15) is 14.0 Å². The number of rotatable bonds is 5. The first-order chi connectivity index (χ1) is 8.52. The van der Waals surface area contributed by atoms with Crippen molar-refractivity contribution in [1.82, 2.24) is 0 Å². The number of hydrogen-bond acceptors (Lipinski definition) is 5. The number of nitrogen functional groups attached to an aromatic ring is 1. The van der Waals surface area contributed by atoms with Crippen molar-refractivity contribution >= 4 is 17.6 Å². The molecule has 0 fully saturated rings. The number of halogens is 1. The highest BCUT2D eigenvalue weighted by atomic mass is 19.1. The minimum atomic E-state index is -0.675. The Bertz CT molecular complexity index is 427. The Morgan fingerprint density at radius 1 is 1.33 bits per heavy atom. The monoisotopic (exact) mass is 255 g/mol. The Kier molecular flexibility index (Phi) is 5.10. The third kappa shape index (κ3) is 4.40. The second-order valence-corrected chi connectivity index (χ2v) is 3.59. The van der Waals surface area contributed by atoms with Crippen molar-refractivity contribution in [3.05, 3.63) is 29.6 Å². The number of benzene rings is 1. The Morgan fingerprint density at radius 3 is 2.67 bits per heavy atom. The van der Waals surface area contributed by atoms with Gasteiger partial charge in [0.05, 0.1) is 19.3 Å². The van der Waals surface area contributed by atoms with Crippen molar-refractivity contribution in [2.24, 2.45) is 0 Å². The molecule has 0 aliphatic rings. The van der Waals surface area contributed by atoms with Gasteiger partial charge >= 0.3 is 11.9 Å². The smallest absolute Gasteiger partial charge is 0.338 e. The van der Waals surface area contributed by atoms with Gasteiger partial charge in [0, 0.05) is 12.1 Å². The molecule has 98 valence electrons. The van der Waals surface area contributed by atoms with Crippen LogP contribution in [0, 0.1) is 5.82 Å². The largest absolute Gasteiger partial charge is 0.469 e. The van der Waals surface area contributed by atoms with E-state index in [0.29, 0.717) is 6.42 Å². The molecule has 0 amide bonds. The summed E-state index contributed by atoms with van der Waals surface area (Å²) in [5.74, 6) is -1.65. The number of ether oxygens (including phenoxy) is 2. The first kappa shape index (κ1) is 14.0. The number of carbonyl (C=O) groups excluding carboxylic acids is 2. The predicted octanol–water partition coefficient (Wildman–Crippen LogP) is 1.52. The number of carbonyl (C=O) groups is 2. The first-order valence-electron chi connectivity index (χ1n) is 5.33. The lowest BCUT2D eigenvalue weighted by Gasteiger charge is -2.05. The van der Waals surface area contributed by atoms with Crippen molar-refractivity contribution in [2.75, 3.05) is 19.5 Å². The van der Waals surface area contributed by atoms with Gasteiger partial charge in [-0.05, 0) is 24.6 Å². The Balaban J connectivity index is 2.43. The molecule has 6 heteroatoms. The second-order valence-electron chi connectivity index (χ2n) is 3.59. The van der Waals surface area contributed by atoms with Crippen LogP contribution in [0.5, 0.6) is 0 Å². The maximum Gasteiger partial charge on any atom is 0.338 e. The Hall–Kier alpha value is -2.11. The molecule has 0 aliphatic heterocycles. The number of methoxy groups -OCH3 is 1. The summed E-state index contributed by atoms with van der Waals surface area (Å²) >= 11 is 0. The molecule has 0 saturated carbocycles. The lowest BCUT2D eigenvalue weighted by molar-refractivity contribution is -0.140. The van der Waals surface area contributed by atoms with Gasteiger partial charge in [-0.1, -0.05) is 0 Å². The van der Waals surface area contributed by atoms with Crippen molar-refractivity contribution < 1.29 is 23.5 Å². The van der Waals surface area contributed by atoms with Gasteiger partial charge in [-0.3, -0.25) is 4.79 Å². The standard InChI is InChI=1S/C12H14FNO4/c1-17-11(15)3-2-4-18-12(16)8-5-9(13)7-10(14)6-8/h5-7H,2-4,14H2,1H3. The summed E-state index contributed by atoms with van der Waals surface area (Å²) < 4.78 is 22.3. The zero-order valence-corrected chi connectivity index (χ0v) is 9.94. The van der Waals surface area contributed by atoms with Crippen molar-refractivity contribution in [3.63, 3.8) is 0 Å². The molecule has 0 spiro atoms. The van der Waals surface area contributed by atoms with E-state index in [1.807, 2.05) is 0 Å². The van der Waals surface area contributed by atoms with Gasteiger partial charge in [-0.25, -0.2) is 9.18 Å². The normalized spacial score (nSPS) is 9.89. The van der Waals surface area contributed by atoms with Crippen LogP contribution in [-0.2, 0) is 14.3 Å². The molecule has 0 bridgehead atoms. The van der Waals surface area contributed by atoms with Crippen LogP contribution in [0.15, 0.2) is 18.2 Å². The molecule has 1 aromatic carbocycles. The molecule has 0 radical (unpaired) electrons. The molecular formula is C12H14FNO4. The van der Waals surface area contributed by atoms with Gasteiger partial charge in [0.25, 0.3) is 0 Å². The summed E-state index contributed by atoms with van der Waals surface area (Å²) in [4.78, 5) is 22.3. The van der Waals surface area contributed by atoms with Gasteiger partial charge in [-0.2, -0.15) is 0 Å². The average molecular weight is 255 g/mol. The highest BCUT2D eigenvalue weighted by Crippen LogP contribution is 2.12. The van der Waals surface area contributed by atoms with E-state index in [4.69, 9.17) is 10.5 Å². The Labute approximate surface area is 104 Å². The summed E-state index contributed by atoms with van der Waals surface area (Å²) in [6, 6.07) is 3.47. The van der Waals surface area contributed by atoms with Crippen LogP contribution in [0.2, 0.25) is 0 Å². The van der Waals surface area contributed by atoms with Crippen LogP contribution in [0.3, 0.4) is 0 Å². The number of esters is 2.